The van der Waals surface area contributed by atoms with Crippen molar-refractivity contribution >= 4 is 45.6 Å². The Morgan fingerprint density at radius 3 is 2.63 bits per heavy atom. The number of rotatable bonds is 8. The van der Waals surface area contributed by atoms with Crippen molar-refractivity contribution in [2.75, 3.05) is 13.2 Å². The molecule has 2 amide bonds. The first-order valence-electron chi connectivity index (χ1n) is 11.0. The standard InChI is InChI=1S/C23H24N4O8/c28-10-17(22(32)33)26-21(31)16-9-13-12-8-11(29)3-4-14(12)25-20(13)15(24-16)5-6-19(30)27-7-1-2-18(27)23(34)35/h3-4,8-9,17-18,25,28-29H,1-2,5-7,10H2,(H,26,31)(H,32,33)(H,34,35). The average molecular weight is 484 g/mol. The van der Waals surface area contributed by atoms with Gasteiger partial charge >= 0.3 is 11.9 Å². The van der Waals surface area contributed by atoms with Crippen molar-refractivity contribution < 1.29 is 39.6 Å². The van der Waals surface area contributed by atoms with Crippen LogP contribution in [0.4, 0.5) is 0 Å². The molecule has 12 heteroatoms. The molecule has 6 N–H and O–H groups in total. The van der Waals surface area contributed by atoms with Gasteiger partial charge in [-0.3, -0.25) is 9.59 Å². The number of aryl methyl sites for hydroxylation is 1. The minimum atomic E-state index is -1.53. The zero-order valence-corrected chi connectivity index (χ0v) is 18.5. The number of hydrogen-bond acceptors (Lipinski definition) is 7. The van der Waals surface area contributed by atoms with Crippen LogP contribution in [-0.2, 0) is 20.8 Å². The summed E-state index contributed by atoms with van der Waals surface area (Å²) in [5, 5.41) is 41.0. The van der Waals surface area contributed by atoms with Crippen LogP contribution in [0.3, 0.4) is 0 Å². The Morgan fingerprint density at radius 1 is 1.17 bits per heavy atom. The molecule has 1 aromatic carbocycles. The SMILES string of the molecule is O=C(NC(CO)C(=O)O)c1cc2c([nH]c3ccc(O)cc32)c(CCC(=O)N2CCCC2C(=O)O)n1. The van der Waals surface area contributed by atoms with Crippen LogP contribution in [0.1, 0.15) is 35.4 Å². The first-order chi connectivity index (χ1) is 16.7. The lowest BCUT2D eigenvalue weighted by Crippen LogP contribution is -2.43. The van der Waals surface area contributed by atoms with Crippen LogP contribution in [-0.4, -0.2) is 84.3 Å². The van der Waals surface area contributed by atoms with Crippen molar-refractivity contribution in [1.82, 2.24) is 20.2 Å². The molecule has 35 heavy (non-hydrogen) atoms. The first kappa shape index (κ1) is 24.0. The Hall–Kier alpha value is -4.19. The minimum Gasteiger partial charge on any atom is -0.508 e. The Kier molecular flexibility index (Phi) is 6.56. The van der Waals surface area contributed by atoms with Gasteiger partial charge in [0.2, 0.25) is 5.91 Å². The van der Waals surface area contributed by atoms with E-state index in [9.17, 15) is 34.5 Å². The summed E-state index contributed by atoms with van der Waals surface area (Å²) in [4.78, 5) is 57.0. The third-order valence-electron chi connectivity index (χ3n) is 6.10. The molecule has 1 saturated heterocycles. The van der Waals surface area contributed by atoms with Gasteiger partial charge in [0.1, 0.15) is 17.5 Å². The molecular formula is C23H24N4O8. The maximum Gasteiger partial charge on any atom is 0.328 e. The number of carboxylic acid groups (broad SMARTS) is 2. The fourth-order valence-electron chi connectivity index (χ4n) is 4.35. The maximum absolute atomic E-state index is 12.8. The lowest BCUT2D eigenvalue weighted by Gasteiger charge is -2.21. The number of nitrogens with one attached hydrogen (secondary N) is 2. The highest BCUT2D eigenvalue weighted by molar-refractivity contribution is 6.10. The average Bonchev–Trinajstić information content (AvgIpc) is 3.45. The molecule has 3 heterocycles. The lowest BCUT2D eigenvalue weighted by atomic mass is 10.1. The number of carbonyl (C=O) groups is 4. The predicted molar refractivity (Wildman–Crippen MR) is 122 cm³/mol. The number of aromatic hydroxyl groups is 1. The van der Waals surface area contributed by atoms with Gasteiger partial charge in [0, 0.05) is 35.7 Å². The number of likely N-dealkylation sites (tertiary alicyclic amines) is 1. The number of H-pyrrole nitrogens is 1. The molecule has 1 aliphatic rings. The Labute approximate surface area is 198 Å². The third-order valence-corrected chi connectivity index (χ3v) is 6.10. The summed E-state index contributed by atoms with van der Waals surface area (Å²) in [6.07, 6.45) is 1.02. The normalized spacial score (nSPS) is 16.5. The number of aliphatic hydroxyl groups is 1. The lowest BCUT2D eigenvalue weighted by molar-refractivity contribution is -0.148. The van der Waals surface area contributed by atoms with Crippen molar-refractivity contribution in [2.45, 2.75) is 37.8 Å². The van der Waals surface area contributed by atoms with Gasteiger partial charge in [-0.15, -0.1) is 0 Å². The van der Waals surface area contributed by atoms with Gasteiger partial charge in [-0.05, 0) is 37.1 Å². The van der Waals surface area contributed by atoms with E-state index in [1.54, 1.807) is 6.07 Å². The van der Waals surface area contributed by atoms with Crippen LogP contribution in [0.15, 0.2) is 24.3 Å². The van der Waals surface area contributed by atoms with E-state index in [4.69, 9.17) is 5.11 Å². The number of phenols is 1. The van der Waals surface area contributed by atoms with Crippen molar-refractivity contribution in [3.05, 3.63) is 35.7 Å². The summed E-state index contributed by atoms with van der Waals surface area (Å²) < 4.78 is 0. The van der Waals surface area contributed by atoms with Gasteiger partial charge in [-0.25, -0.2) is 14.6 Å². The molecule has 0 bridgehead atoms. The Balaban J connectivity index is 1.70. The van der Waals surface area contributed by atoms with E-state index in [1.807, 2.05) is 0 Å². The third kappa shape index (κ3) is 4.73. The van der Waals surface area contributed by atoms with Gasteiger partial charge in [0.05, 0.1) is 17.8 Å². The second-order valence-electron chi connectivity index (χ2n) is 8.36. The van der Waals surface area contributed by atoms with E-state index in [-0.39, 0.29) is 30.2 Å². The van der Waals surface area contributed by atoms with Crippen LogP contribution in [0, 0.1) is 0 Å². The van der Waals surface area contributed by atoms with Crippen molar-refractivity contribution in [3.63, 3.8) is 0 Å². The zero-order chi connectivity index (χ0) is 25.3. The fourth-order valence-corrected chi connectivity index (χ4v) is 4.35. The number of aromatic nitrogens is 2. The molecule has 0 aliphatic carbocycles. The summed E-state index contributed by atoms with van der Waals surface area (Å²) >= 11 is 0. The van der Waals surface area contributed by atoms with E-state index in [2.05, 4.69) is 15.3 Å². The van der Waals surface area contributed by atoms with Gasteiger partial charge in [0.15, 0.2) is 6.04 Å². The van der Waals surface area contributed by atoms with Crippen LogP contribution in [0.25, 0.3) is 21.8 Å². The second-order valence-corrected chi connectivity index (χ2v) is 8.36. The second kappa shape index (κ2) is 9.58. The number of carboxylic acids is 2. The highest BCUT2D eigenvalue weighted by Crippen LogP contribution is 2.31. The van der Waals surface area contributed by atoms with Crippen LogP contribution in [0.2, 0.25) is 0 Å². The van der Waals surface area contributed by atoms with Crippen molar-refractivity contribution in [1.29, 1.82) is 0 Å². The van der Waals surface area contributed by atoms with Crippen LogP contribution in [0.5, 0.6) is 5.75 Å². The highest BCUT2D eigenvalue weighted by atomic mass is 16.4. The van der Waals surface area contributed by atoms with Crippen molar-refractivity contribution in [3.8, 4) is 5.75 Å². The Morgan fingerprint density at radius 2 is 1.94 bits per heavy atom. The van der Waals surface area contributed by atoms with E-state index in [0.29, 0.717) is 46.9 Å². The summed E-state index contributed by atoms with van der Waals surface area (Å²) in [6.45, 7) is -0.462. The van der Waals surface area contributed by atoms with Crippen LogP contribution >= 0.6 is 0 Å². The van der Waals surface area contributed by atoms with E-state index >= 15 is 0 Å². The predicted octanol–water partition coefficient (Wildman–Crippen LogP) is 0.605. The summed E-state index contributed by atoms with van der Waals surface area (Å²) in [7, 11) is 0. The van der Waals surface area contributed by atoms with Gasteiger partial charge in [0.25, 0.3) is 5.91 Å². The number of pyridine rings is 1. The monoisotopic (exact) mass is 484 g/mol. The number of aromatic amines is 1. The number of benzene rings is 1. The molecular weight excluding hydrogens is 460 g/mol. The number of fused-ring (bicyclic) bond motifs is 3. The largest absolute Gasteiger partial charge is 0.508 e. The van der Waals surface area contributed by atoms with Crippen molar-refractivity contribution in [2.24, 2.45) is 0 Å². The quantitative estimate of drug-likeness (QED) is 0.266. The Bertz CT molecular complexity index is 1330. The summed E-state index contributed by atoms with van der Waals surface area (Å²) in [5.74, 6) is -3.65. The number of aliphatic hydroxyl groups excluding tert-OH is 1. The zero-order valence-electron chi connectivity index (χ0n) is 18.5. The molecule has 12 nitrogen and oxygen atoms in total. The number of phenolic OH excluding ortho intramolecular Hbond substituents is 1. The topological polar surface area (TPSA) is 193 Å². The maximum atomic E-state index is 12.8. The molecule has 0 saturated carbocycles. The van der Waals surface area contributed by atoms with Crippen LogP contribution < -0.4 is 5.32 Å². The summed E-state index contributed by atoms with van der Waals surface area (Å²) in [6, 6.07) is 3.68. The molecule has 1 fully saturated rings. The van der Waals surface area contributed by atoms with E-state index < -0.39 is 36.5 Å². The van der Waals surface area contributed by atoms with E-state index in [1.165, 1.54) is 23.1 Å². The molecule has 3 aromatic rings. The van der Waals surface area contributed by atoms with Gasteiger partial charge < -0.3 is 35.6 Å². The number of amides is 2. The number of aliphatic carboxylic acids is 2. The molecule has 0 radical (unpaired) electrons. The number of carbonyl (C=O) groups excluding carboxylic acids is 2. The molecule has 2 atom stereocenters. The molecule has 0 spiro atoms. The molecule has 2 unspecified atom stereocenters. The van der Waals surface area contributed by atoms with Gasteiger partial charge in [-0.2, -0.15) is 0 Å². The molecule has 184 valence electrons. The molecule has 4 rings (SSSR count). The smallest absolute Gasteiger partial charge is 0.328 e. The van der Waals surface area contributed by atoms with Gasteiger partial charge in [-0.1, -0.05) is 0 Å². The summed E-state index contributed by atoms with van der Waals surface area (Å²) in [5.41, 5.74) is 1.39. The molecule has 1 aliphatic heterocycles. The number of nitrogens with zero attached hydrogens (tertiary/aromatic N) is 2. The molecule has 2 aromatic heterocycles. The van der Waals surface area contributed by atoms with E-state index in [0.717, 1.165) is 0 Å². The first-order valence-corrected chi connectivity index (χ1v) is 11.0. The minimum absolute atomic E-state index is 0.00194. The highest BCUT2D eigenvalue weighted by Gasteiger charge is 2.33. The number of hydrogen-bond donors (Lipinski definition) is 6. The fraction of sp³-hybridized carbons (Fsp3) is 0.348.